The number of rotatable bonds is 13. The molecule has 15 heteroatoms. The highest BCUT2D eigenvalue weighted by Crippen LogP contribution is 2.51. The second-order valence-corrected chi connectivity index (χ2v) is 11.0. The molecule has 0 heterocycles. The summed E-state index contributed by atoms with van der Waals surface area (Å²) in [6.45, 7) is 6.26. The van der Waals surface area contributed by atoms with Gasteiger partial charge in [0, 0.05) is 48.3 Å². The summed E-state index contributed by atoms with van der Waals surface area (Å²) in [5, 5.41) is 57.3. The van der Waals surface area contributed by atoms with Crippen LogP contribution in [0.3, 0.4) is 0 Å². The third-order valence-corrected chi connectivity index (χ3v) is 7.79. The van der Waals surface area contributed by atoms with E-state index in [-0.39, 0.29) is 41.5 Å². The minimum Gasteiger partial charge on any atom is -0.503 e. The van der Waals surface area contributed by atoms with E-state index in [9.17, 15) is 33.4 Å². The lowest BCUT2D eigenvalue weighted by Crippen LogP contribution is -2.25. The maximum absolute atomic E-state index is 11.9. The number of nitrogens with zero attached hydrogens (tertiary/aromatic N) is 6. The molecule has 8 N–H and O–H groups in total. The molecule has 0 aliphatic rings. The summed E-state index contributed by atoms with van der Waals surface area (Å²) in [6, 6.07) is 17.5. The summed E-state index contributed by atoms with van der Waals surface area (Å²) in [4.78, 5) is 3.49. The molecule has 0 bridgehead atoms. The van der Waals surface area contributed by atoms with Gasteiger partial charge in [-0.05, 0) is 74.5 Å². The number of hydrogen-bond acceptors (Lipinski definition) is 13. The topological polar surface area (TPSA) is 226 Å². The summed E-state index contributed by atoms with van der Waals surface area (Å²) < 4.78 is 33.5. The number of hydrogen-bond donors (Lipinski definition) is 6. The Bertz CT molecular complexity index is 1760. The van der Waals surface area contributed by atoms with Gasteiger partial charge in [-0.2, -0.15) is 18.6 Å². The number of fused-ring (bicyclic) bond motifs is 1. The lowest BCUT2D eigenvalue weighted by molar-refractivity contribution is 0.302. The van der Waals surface area contributed by atoms with Gasteiger partial charge >= 0.3 is 0 Å². The summed E-state index contributed by atoms with van der Waals surface area (Å²) >= 11 is 0. The zero-order valence-electron chi connectivity index (χ0n) is 24.9. The zero-order valence-corrected chi connectivity index (χ0v) is 25.8. The first kappa shape index (κ1) is 34.8. The highest BCUT2D eigenvalue weighted by atomic mass is 32.2. The molecular weight excluding hydrogens is 602 g/mol. The van der Waals surface area contributed by atoms with Crippen molar-refractivity contribution in [2.45, 2.75) is 18.7 Å². The van der Waals surface area contributed by atoms with Gasteiger partial charge in [-0.1, -0.05) is 6.07 Å². The second kappa shape index (κ2) is 15.4. The summed E-state index contributed by atoms with van der Waals surface area (Å²) in [5.41, 5.74) is 2.19. The van der Waals surface area contributed by atoms with Crippen molar-refractivity contribution in [3.05, 3.63) is 66.7 Å². The third kappa shape index (κ3) is 8.09. The third-order valence-electron chi connectivity index (χ3n) is 6.94. The molecule has 0 aromatic heterocycles. The van der Waals surface area contributed by atoms with Gasteiger partial charge in [0.1, 0.15) is 11.4 Å². The fourth-order valence-electron chi connectivity index (χ4n) is 4.62. The summed E-state index contributed by atoms with van der Waals surface area (Å²) in [5.74, 6) is -1.36. The van der Waals surface area contributed by atoms with E-state index >= 15 is 0 Å². The average molecular weight is 640 g/mol. The molecule has 0 unspecified atom stereocenters. The Morgan fingerprint density at radius 2 is 1.07 bits per heavy atom. The van der Waals surface area contributed by atoms with Crippen LogP contribution in [0.2, 0.25) is 0 Å². The lowest BCUT2D eigenvalue weighted by Gasteiger charge is -2.21. The van der Waals surface area contributed by atoms with Crippen molar-refractivity contribution in [2.24, 2.45) is 20.5 Å². The fourth-order valence-corrected chi connectivity index (χ4v) is 5.13. The van der Waals surface area contributed by atoms with Crippen LogP contribution in [0.25, 0.3) is 10.8 Å². The first-order valence-electron chi connectivity index (χ1n) is 13.9. The van der Waals surface area contributed by atoms with Crippen LogP contribution in [0.15, 0.2) is 92.1 Å². The maximum atomic E-state index is 11.9. The Morgan fingerprint density at radius 3 is 1.44 bits per heavy atom. The number of likely N-dealkylation sites (N-methyl/N-ethyl adjacent to an activating group) is 2. The molecule has 4 rings (SSSR count). The molecule has 0 aliphatic carbocycles. The van der Waals surface area contributed by atoms with Crippen molar-refractivity contribution in [3.8, 4) is 11.5 Å². The number of aromatic hydroxyl groups is 2. The normalized spacial score (nSPS) is 11.8. The monoisotopic (exact) mass is 639 g/mol. The number of phenols is 2. The molecule has 240 valence electrons. The first-order valence-corrected chi connectivity index (χ1v) is 15.3. The van der Waals surface area contributed by atoms with Gasteiger partial charge in [0.15, 0.2) is 11.5 Å². The van der Waals surface area contributed by atoms with Gasteiger partial charge in [-0.3, -0.25) is 4.55 Å². The van der Waals surface area contributed by atoms with E-state index < -0.39 is 26.5 Å². The number of aliphatic hydroxyl groups is 2. The van der Waals surface area contributed by atoms with Gasteiger partial charge in [0.05, 0.1) is 29.5 Å². The Morgan fingerprint density at radius 1 is 0.644 bits per heavy atom. The maximum Gasteiger partial charge on any atom is 0.294 e. The number of phenolic OH excluding ortho intramolecular Hbond substituents is 2. The standard InChI is InChI=1S/C30H34N6O7S.H3N/c1-3-35(15-17-37)22-9-5-20(6-10-22)31-33-27-25-14-13-24(44(41,42)43)19-26(25)28(30(40)29(27)39)34-32-21-7-11-23(12-8-21)36(4-2)16-18-38;/h5-14,19,37-40H,3-4,15-18H2,1-2H3,(H,41,42,43);1H3. The van der Waals surface area contributed by atoms with E-state index in [0.717, 1.165) is 23.5 Å². The van der Waals surface area contributed by atoms with Crippen molar-refractivity contribution in [1.29, 1.82) is 0 Å². The highest BCUT2D eigenvalue weighted by Gasteiger charge is 2.22. The van der Waals surface area contributed by atoms with Crippen molar-refractivity contribution >= 4 is 55.0 Å². The number of aliphatic hydroxyl groups excluding tert-OH is 2. The molecule has 0 saturated heterocycles. The molecule has 4 aromatic carbocycles. The van der Waals surface area contributed by atoms with Gasteiger partial charge in [-0.25, -0.2) is 0 Å². The van der Waals surface area contributed by atoms with Gasteiger partial charge in [0.25, 0.3) is 10.1 Å². The van der Waals surface area contributed by atoms with E-state index in [4.69, 9.17) is 0 Å². The van der Waals surface area contributed by atoms with Crippen LogP contribution >= 0.6 is 0 Å². The molecule has 0 fully saturated rings. The smallest absolute Gasteiger partial charge is 0.294 e. The van der Waals surface area contributed by atoms with E-state index in [2.05, 4.69) is 20.5 Å². The van der Waals surface area contributed by atoms with Crippen LogP contribution in [-0.2, 0) is 10.1 Å². The van der Waals surface area contributed by atoms with Crippen LogP contribution in [-0.4, -0.2) is 72.8 Å². The van der Waals surface area contributed by atoms with Crippen molar-refractivity contribution in [2.75, 3.05) is 49.2 Å². The Kier molecular flexibility index (Phi) is 11.9. The second-order valence-electron chi connectivity index (χ2n) is 9.62. The minimum absolute atomic E-state index is 0. The Labute approximate surface area is 261 Å². The van der Waals surface area contributed by atoms with Crippen LogP contribution in [0.5, 0.6) is 11.5 Å². The van der Waals surface area contributed by atoms with Crippen LogP contribution < -0.4 is 16.0 Å². The number of azo groups is 2. The molecule has 0 spiro atoms. The zero-order chi connectivity index (χ0) is 31.9. The van der Waals surface area contributed by atoms with E-state index in [1.165, 1.54) is 6.07 Å². The average Bonchev–Trinajstić information content (AvgIpc) is 3.02. The quantitative estimate of drug-likeness (QED) is 0.0557. The number of anilines is 2. The van der Waals surface area contributed by atoms with Gasteiger partial charge in [-0.15, -0.1) is 10.2 Å². The summed E-state index contributed by atoms with van der Waals surface area (Å²) in [6.07, 6.45) is 0. The SMILES string of the molecule is CCN(CCO)c1ccc(N=Nc2c(O)c(O)c(N=Nc3ccc(N(CC)CCO)cc3)c3cc(S(=O)(=O)O)ccc23)cc1.N. The first-order chi connectivity index (χ1) is 21.1. The van der Waals surface area contributed by atoms with E-state index in [0.29, 0.717) is 37.6 Å². The molecular formula is C30H37N7O7S. The Balaban J connectivity index is 0.00000552. The van der Waals surface area contributed by atoms with Crippen LogP contribution in [0.4, 0.5) is 34.1 Å². The molecule has 0 amide bonds. The molecule has 0 radical (unpaired) electrons. The molecule has 4 aromatic rings. The molecule has 0 aliphatic heterocycles. The lowest BCUT2D eigenvalue weighted by atomic mass is 10.1. The van der Waals surface area contributed by atoms with Crippen LogP contribution in [0, 0.1) is 0 Å². The van der Waals surface area contributed by atoms with Crippen molar-refractivity contribution in [1.82, 2.24) is 6.15 Å². The van der Waals surface area contributed by atoms with E-state index in [1.54, 1.807) is 36.4 Å². The van der Waals surface area contributed by atoms with E-state index in [1.807, 2.05) is 35.8 Å². The van der Waals surface area contributed by atoms with Crippen LogP contribution in [0.1, 0.15) is 13.8 Å². The fraction of sp³-hybridized carbons (Fsp3) is 0.267. The minimum atomic E-state index is -4.62. The largest absolute Gasteiger partial charge is 0.503 e. The molecule has 0 saturated carbocycles. The Hall–Kier alpha value is -4.67. The van der Waals surface area contributed by atoms with Gasteiger partial charge in [0.2, 0.25) is 0 Å². The number of benzene rings is 4. The van der Waals surface area contributed by atoms with Crippen molar-refractivity contribution in [3.63, 3.8) is 0 Å². The molecule has 45 heavy (non-hydrogen) atoms. The molecule has 14 nitrogen and oxygen atoms in total. The predicted molar refractivity (Wildman–Crippen MR) is 173 cm³/mol. The highest BCUT2D eigenvalue weighted by molar-refractivity contribution is 7.85. The summed E-state index contributed by atoms with van der Waals surface area (Å²) in [7, 11) is -4.62. The van der Waals surface area contributed by atoms with Gasteiger partial charge < -0.3 is 36.4 Å². The predicted octanol–water partition coefficient (Wildman–Crippen LogP) is 6.13. The molecule has 0 atom stereocenters. The van der Waals surface area contributed by atoms with Crippen molar-refractivity contribution < 1.29 is 33.4 Å².